The van der Waals surface area contributed by atoms with Crippen LogP contribution in [0.3, 0.4) is 0 Å². The Morgan fingerprint density at radius 1 is 1.53 bits per heavy atom. The number of rotatable bonds is 1. The second-order valence-electron chi connectivity index (χ2n) is 3.90. The zero-order valence-electron chi connectivity index (χ0n) is 9.51. The number of aromatic nitrogens is 2. The molecule has 90 valence electrons. The molecule has 17 heavy (non-hydrogen) atoms. The highest BCUT2D eigenvalue weighted by Crippen LogP contribution is 2.09. The predicted octanol–water partition coefficient (Wildman–Crippen LogP) is -1.09. The first-order chi connectivity index (χ1) is 7.99. The number of carbonyl (C=O) groups is 3. The minimum atomic E-state index is -0.665. The van der Waals surface area contributed by atoms with E-state index in [0.717, 1.165) is 0 Å². The Morgan fingerprint density at radius 2 is 2.24 bits per heavy atom. The number of carbonyl (C=O) groups excluding carboxylic acids is 3. The number of aryl methyl sites for hydroxylation is 1. The van der Waals surface area contributed by atoms with E-state index in [1.54, 1.807) is 26.2 Å². The zero-order valence-corrected chi connectivity index (χ0v) is 9.51. The normalized spacial score (nSPS) is 20.4. The van der Waals surface area contributed by atoms with Gasteiger partial charge >= 0.3 is 0 Å². The Hall–Kier alpha value is -2.18. The van der Waals surface area contributed by atoms with Crippen LogP contribution in [-0.4, -0.2) is 45.0 Å². The fraction of sp³-hybridized carbons (Fsp3) is 0.400. The second kappa shape index (κ2) is 4.00. The molecule has 0 aromatic carbocycles. The maximum atomic E-state index is 12.0. The molecule has 2 heterocycles. The summed E-state index contributed by atoms with van der Waals surface area (Å²) in [4.78, 5) is 35.9. The van der Waals surface area contributed by atoms with E-state index in [2.05, 4.69) is 10.4 Å². The number of nitrogens with zero attached hydrogens (tertiary/aromatic N) is 3. The predicted molar refractivity (Wildman–Crippen MR) is 56.9 cm³/mol. The summed E-state index contributed by atoms with van der Waals surface area (Å²) < 4.78 is 1.49. The fourth-order valence-corrected chi connectivity index (χ4v) is 1.64. The van der Waals surface area contributed by atoms with Gasteiger partial charge in [-0.05, 0) is 13.0 Å². The van der Waals surface area contributed by atoms with E-state index in [0.29, 0.717) is 0 Å². The lowest BCUT2D eigenvalue weighted by Crippen LogP contribution is -2.58. The lowest BCUT2D eigenvalue weighted by atomic mass is 10.2. The molecule has 1 aliphatic rings. The maximum absolute atomic E-state index is 12.0. The lowest BCUT2D eigenvalue weighted by molar-refractivity contribution is -0.138. The molecule has 1 aliphatic heterocycles. The van der Waals surface area contributed by atoms with E-state index in [4.69, 9.17) is 0 Å². The molecule has 1 aromatic heterocycles. The van der Waals surface area contributed by atoms with Gasteiger partial charge in [-0.25, -0.2) is 0 Å². The molecule has 0 spiro atoms. The van der Waals surface area contributed by atoms with Crippen molar-refractivity contribution in [3.8, 4) is 0 Å². The second-order valence-corrected chi connectivity index (χ2v) is 3.90. The van der Waals surface area contributed by atoms with E-state index < -0.39 is 23.8 Å². The monoisotopic (exact) mass is 236 g/mol. The van der Waals surface area contributed by atoms with Gasteiger partial charge in [-0.3, -0.25) is 24.4 Å². The fourth-order valence-electron chi connectivity index (χ4n) is 1.64. The molecule has 7 heteroatoms. The van der Waals surface area contributed by atoms with Gasteiger partial charge in [-0.1, -0.05) is 0 Å². The third kappa shape index (κ3) is 2.03. The summed E-state index contributed by atoms with van der Waals surface area (Å²) in [5.41, 5.74) is 0.224. The third-order valence-electron chi connectivity index (χ3n) is 2.62. The summed E-state index contributed by atoms with van der Waals surface area (Å²) in [6.45, 7) is 1.45. The van der Waals surface area contributed by atoms with Gasteiger partial charge in [-0.2, -0.15) is 5.10 Å². The van der Waals surface area contributed by atoms with Crippen molar-refractivity contribution in [1.29, 1.82) is 0 Å². The molecule has 0 aliphatic carbocycles. The molecule has 1 atom stereocenters. The summed E-state index contributed by atoms with van der Waals surface area (Å²) in [7, 11) is 1.69. The van der Waals surface area contributed by atoms with Gasteiger partial charge in [0, 0.05) is 13.2 Å². The van der Waals surface area contributed by atoms with Gasteiger partial charge in [-0.15, -0.1) is 0 Å². The van der Waals surface area contributed by atoms with E-state index in [9.17, 15) is 14.4 Å². The molecule has 1 unspecified atom stereocenters. The van der Waals surface area contributed by atoms with E-state index in [1.807, 2.05) is 0 Å². The Balaban J connectivity index is 2.24. The zero-order chi connectivity index (χ0) is 12.6. The van der Waals surface area contributed by atoms with E-state index in [1.165, 1.54) is 9.58 Å². The van der Waals surface area contributed by atoms with E-state index in [-0.39, 0.29) is 12.2 Å². The smallest absolute Gasteiger partial charge is 0.275 e. The Bertz CT molecular complexity index is 493. The van der Waals surface area contributed by atoms with Crippen LogP contribution in [0.1, 0.15) is 17.4 Å². The maximum Gasteiger partial charge on any atom is 0.275 e. The van der Waals surface area contributed by atoms with Gasteiger partial charge in [0.05, 0.1) is 0 Å². The van der Waals surface area contributed by atoms with Crippen molar-refractivity contribution in [2.24, 2.45) is 7.05 Å². The summed E-state index contributed by atoms with van der Waals surface area (Å²) in [5, 5.41) is 6.13. The van der Waals surface area contributed by atoms with Crippen molar-refractivity contribution in [1.82, 2.24) is 20.0 Å². The minimum absolute atomic E-state index is 0.123. The highest BCUT2D eigenvalue weighted by Gasteiger charge is 2.34. The topological polar surface area (TPSA) is 84.3 Å². The minimum Gasteiger partial charge on any atom is -0.316 e. The first-order valence-corrected chi connectivity index (χ1v) is 5.13. The first kappa shape index (κ1) is 11.3. The van der Waals surface area contributed by atoms with Crippen LogP contribution in [0.4, 0.5) is 0 Å². The van der Waals surface area contributed by atoms with Crippen molar-refractivity contribution in [3.05, 3.63) is 18.0 Å². The SMILES string of the molecule is CC1C(=O)NC(=O)CN1C(=O)c1ccn(C)n1. The van der Waals surface area contributed by atoms with Crippen LogP contribution in [-0.2, 0) is 16.6 Å². The van der Waals surface area contributed by atoms with Crippen molar-refractivity contribution in [3.63, 3.8) is 0 Å². The molecular formula is C10H12N4O3. The van der Waals surface area contributed by atoms with Gasteiger partial charge < -0.3 is 4.90 Å². The first-order valence-electron chi connectivity index (χ1n) is 5.13. The molecule has 0 radical (unpaired) electrons. The summed E-state index contributed by atoms with van der Waals surface area (Å²) in [5.74, 6) is -1.36. The number of nitrogens with one attached hydrogen (secondary N) is 1. The molecule has 0 saturated carbocycles. The summed E-state index contributed by atoms with van der Waals surface area (Å²) in [6, 6.07) is 0.883. The number of imide groups is 1. The average Bonchev–Trinajstić information content (AvgIpc) is 2.69. The van der Waals surface area contributed by atoms with Crippen molar-refractivity contribution >= 4 is 17.7 Å². The van der Waals surface area contributed by atoms with Crippen molar-refractivity contribution in [2.45, 2.75) is 13.0 Å². The summed E-state index contributed by atoms with van der Waals surface area (Å²) >= 11 is 0. The molecule has 2 rings (SSSR count). The molecule has 0 bridgehead atoms. The van der Waals surface area contributed by atoms with E-state index >= 15 is 0 Å². The van der Waals surface area contributed by atoms with Crippen LogP contribution in [0.2, 0.25) is 0 Å². The van der Waals surface area contributed by atoms with Gasteiger partial charge in [0.2, 0.25) is 11.8 Å². The van der Waals surface area contributed by atoms with Crippen LogP contribution < -0.4 is 5.32 Å². The number of hydrogen-bond donors (Lipinski definition) is 1. The molecule has 7 nitrogen and oxygen atoms in total. The van der Waals surface area contributed by atoms with Crippen LogP contribution in [0.5, 0.6) is 0 Å². The van der Waals surface area contributed by atoms with Gasteiger partial charge in [0.1, 0.15) is 18.3 Å². The molecular weight excluding hydrogens is 224 g/mol. The van der Waals surface area contributed by atoms with Crippen molar-refractivity contribution in [2.75, 3.05) is 6.54 Å². The summed E-state index contributed by atoms with van der Waals surface area (Å²) in [6.07, 6.45) is 1.63. The highest BCUT2D eigenvalue weighted by molar-refractivity contribution is 6.06. The quantitative estimate of drug-likeness (QED) is 0.628. The van der Waals surface area contributed by atoms with Crippen LogP contribution in [0, 0.1) is 0 Å². The largest absolute Gasteiger partial charge is 0.316 e. The van der Waals surface area contributed by atoms with Crippen molar-refractivity contribution < 1.29 is 14.4 Å². The molecule has 1 saturated heterocycles. The molecule has 1 aromatic rings. The average molecular weight is 236 g/mol. The Kier molecular flexibility index (Phi) is 2.66. The standard InChI is InChI=1S/C10H12N4O3/c1-6-9(16)11-8(15)5-14(6)10(17)7-3-4-13(2)12-7/h3-4,6H,5H2,1-2H3,(H,11,15,16). The lowest BCUT2D eigenvalue weighted by Gasteiger charge is -2.30. The van der Waals surface area contributed by atoms with Crippen LogP contribution in [0.25, 0.3) is 0 Å². The molecule has 1 fully saturated rings. The van der Waals surface area contributed by atoms with Crippen LogP contribution >= 0.6 is 0 Å². The Labute approximate surface area is 97.4 Å². The van der Waals surface area contributed by atoms with Gasteiger partial charge in [0.25, 0.3) is 5.91 Å². The van der Waals surface area contributed by atoms with Crippen LogP contribution in [0.15, 0.2) is 12.3 Å². The Morgan fingerprint density at radius 3 is 2.82 bits per heavy atom. The highest BCUT2D eigenvalue weighted by atomic mass is 16.2. The number of piperazine rings is 1. The molecule has 1 N–H and O–H groups in total. The number of amides is 3. The number of hydrogen-bond acceptors (Lipinski definition) is 4. The molecule has 3 amide bonds. The third-order valence-corrected chi connectivity index (χ3v) is 2.62. The van der Waals surface area contributed by atoms with Gasteiger partial charge in [0.15, 0.2) is 0 Å².